The van der Waals surface area contributed by atoms with Gasteiger partial charge in [-0.1, -0.05) is 20.8 Å². The lowest BCUT2D eigenvalue weighted by molar-refractivity contribution is -0.137. The maximum Gasteiger partial charge on any atom is 0.416 e. The van der Waals surface area contributed by atoms with Gasteiger partial charge < -0.3 is 15.2 Å². The van der Waals surface area contributed by atoms with Crippen LogP contribution in [0.15, 0.2) is 36.7 Å². The highest BCUT2D eigenvalue weighted by Crippen LogP contribution is 2.32. The summed E-state index contributed by atoms with van der Waals surface area (Å²) < 4.78 is 62.4. The minimum atomic E-state index is -4.58. The first-order chi connectivity index (χ1) is 12.5. The molecule has 0 aliphatic carbocycles. The fourth-order valence-corrected chi connectivity index (χ4v) is 2.15. The van der Waals surface area contributed by atoms with Gasteiger partial charge in [0.2, 0.25) is 0 Å². The zero-order valence-corrected chi connectivity index (χ0v) is 15.3. The third kappa shape index (κ3) is 6.09. The molecule has 0 radical (unpaired) electrons. The Bertz CT molecular complexity index is 773. The maximum atomic E-state index is 13.6. The van der Waals surface area contributed by atoms with E-state index in [0.29, 0.717) is 23.9 Å². The molecule has 2 aromatic rings. The average molecular weight is 386 g/mol. The predicted octanol–water partition coefficient (Wildman–Crippen LogP) is 4.32. The minimum absolute atomic E-state index is 0.0376. The highest BCUT2D eigenvalue weighted by atomic mass is 19.4. The maximum absolute atomic E-state index is 13.6. The molecule has 0 spiro atoms. The van der Waals surface area contributed by atoms with Crippen molar-refractivity contribution in [1.29, 1.82) is 0 Å². The third-order valence-electron chi connectivity index (χ3n) is 3.75. The number of halogens is 4. The summed E-state index contributed by atoms with van der Waals surface area (Å²) in [5.41, 5.74) is 5.74. The number of hydrogen-bond acceptors (Lipinski definition) is 4. The first-order valence-electron chi connectivity index (χ1n) is 8.30. The topological polar surface area (TPSA) is 57.4 Å². The van der Waals surface area contributed by atoms with E-state index < -0.39 is 29.3 Å². The van der Waals surface area contributed by atoms with E-state index in [1.165, 1.54) is 6.20 Å². The molecule has 0 fully saturated rings. The van der Waals surface area contributed by atoms with Crippen LogP contribution < -0.4 is 15.2 Å². The van der Waals surface area contributed by atoms with Gasteiger partial charge in [-0.2, -0.15) is 13.2 Å². The molecule has 2 rings (SSSR count). The lowest BCUT2D eigenvalue weighted by atomic mass is 9.88. The monoisotopic (exact) mass is 386 g/mol. The summed E-state index contributed by atoms with van der Waals surface area (Å²) in [6.45, 7) is 5.95. The van der Waals surface area contributed by atoms with Gasteiger partial charge in [-0.25, -0.2) is 4.39 Å². The van der Waals surface area contributed by atoms with E-state index in [4.69, 9.17) is 15.2 Å². The first-order valence-corrected chi connectivity index (χ1v) is 8.30. The third-order valence-corrected chi connectivity index (χ3v) is 3.75. The zero-order chi connectivity index (χ0) is 20.2. The molecule has 1 atom stereocenters. The van der Waals surface area contributed by atoms with Crippen LogP contribution in [0.4, 0.5) is 17.6 Å². The summed E-state index contributed by atoms with van der Waals surface area (Å²) in [7, 11) is 0. The molecular formula is C19H22F4N2O2. The number of benzene rings is 1. The fourth-order valence-electron chi connectivity index (χ4n) is 2.15. The molecule has 1 aromatic heterocycles. The van der Waals surface area contributed by atoms with Gasteiger partial charge in [-0.05, 0) is 35.2 Å². The summed E-state index contributed by atoms with van der Waals surface area (Å²) in [5.74, 6) is -0.877. The highest BCUT2D eigenvalue weighted by molar-refractivity contribution is 5.32. The van der Waals surface area contributed by atoms with Gasteiger partial charge in [0.05, 0.1) is 17.8 Å². The second-order valence-electron chi connectivity index (χ2n) is 7.18. The largest absolute Gasteiger partial charge is 0.490 e. The average Bonchev–Trinajstić information content (AvgIpc) is 2.57. The SMILES string of the molecule is CC(C)(C)c1cncc(OC[C@@H](N)COc2cc(C(F)(F)F)ccc2F)c1. The van der Waals surface area contributed by atoms with Gasteiger partial charge in [-0.3, -0.25) is 4.98 Å². The van der Waals surface area contributed by atoms with Crippen molar-refractivity contribution >= 4 is 0 Å². The number of nitrogens with zero attached hydrogens (tertiary/aromatic N) is 1. The van der Waals surface area contributed by atoms with Crippen molar-refractivity contribution in [2.24, 2.45) is 5.73 Å². The Kier molecular flexibility index (Phi) is 6.30. The van der Waals surface area contributed by atoms with Crippen molar-refractivity contribution in [2.45, 2.75) is 38.4 Å². The van der Waals surface area contributed by atoms with Gasteiger partial charge in [0, 0.05) is 6.20 Å². The minimum Gasteiger partial charge on any atom is -0.490 e. The number of nitrogens with two attached hydrogens (primary N) is 1. The molecule has 2 N–H and O–H groups in total. The number of ether oxygens (including phenoxy) is 2. The number of alkyl halides is 3. The van der Waals surface area contributed by atoms with Crippen molar-refractivity contribution < 1.29 is 27.0 Å². The van der Waals surface area contributed by atoms with E-state index >= 15 is 0 Å². The van der Waals surface area contributed by atoms with Crippen LogP contribution in [0.5, 0.6) is 11.5 Å². The van der Waals surface area contributed by atoms with Crippen molar-refractivity contribution in [3.63, 3.8) is 0 Å². The van der Waals surface area contributed by atoms with Crippen molar-refractivity contribution in [2.75, 3.05) is 13.2 Å². The zero-order valence-electron chi connectivity index (χ0n) is 15.3. The number of aromatic nitrogens is 1. The predicted molar refractivity (Wildman–Crippen MR) is 93.3 cm³/mol. The Labute approximate surface area is 155 Å². The summed E-state index contributed by atoms with van der Waals surface area (Å²) in [6.07, 6.45) is -1.30. The van der Waals surface area contributed by atoms with Crippen molar-refractivity contribution in [1.82, 2.24) is 4.98 Å². The molecule has 0 bridgehead atoms. The molecule has 1 heterocycles. The van der Waals surface area contributed by atoms with E-state index in [1.54, 1.807) is 6.20 Å². The number of rotatable bonds is 6. The summed E-state index contributed by atoms with van der Waals surface area (Å²) in [6, 6.07) is 3.15. The molecule has 1 aromatic carbocycles. The highest BCUT2D eigenvalue weighted by Gasteiger charge is 2.31. The quantitative estimate of drug-likeness (QED) is 0.751. The van der Waals surface area contributed by atoms with E-state index in [-0.39, 0.29) is 18.6 Å². The molecular weight excluding hydrogens is 364 g/mol. The van der Waals surface area contributed by atoms with E-state index in [9.17, 15) is 17.6 Å². The Morgan fingerprint density at radius 1 is 1.00 bits per heavy atom. The van der Waals surface area contributed by atoms with Crippen molar-refractivity contribution in [3.8, 4) is 11.5 Å². The van der Waals surface area contributed by atoms with E-state index in [2.05, 4.69) is 4.98 Å². The van der Waals surface area contributed by atoms with Crippen LogP contribution in [0.3, 0.4) is 0 Å². The second kappa shape index (κ2) is 8.12. The van der Waals surface area contributed by atoms with Crippen LogP contribution in [0.2, 0.25) is 0 Å². The van der Waals surface area contributed by atoms with Crippen molar-refractivity contribution in [3.05, 3.63) is 53.6 Å². The number of hydrogen-bond donors (Lipinski definition) is 1. The summed E-state index contributed by atoms with van der Waals surface area (Å²) in [4.78, 5) is 4.11. The summed E-state index contributed by atoms with van der Waals surface area (Å²) in [5, 5.41) is 0. The molecule has 148 valence electrons. The Balaban J connectivity index is 1.93. The first kappa shape index (κ1) is 21.0. The van der Waals surface area contributed by atoms with Gasteiger partial charge in [0.25, 0.3) is 0 Å². The molecule has 4 nitrogen and oxygen atoms in total. The van der Waals surface area contributed by atoms with E-state index in [1.807, 2.05) is 26.8 Å². The molecule has 0 amide bonds. The van der Waals surface area contributed by atoms with Crippen LogP contribution in [0.25, 0.3) is 0 Å². The molecule has 8 heteroatoms. The molecule has 27 heavy (non-hydrogen) atoms. The van der Waals surface area contributed by atoms with Gasteiger partial charge in [0.15, 0.2) is 11.6 Å². The second-order valence-corrected chi connectivity index (χ2v) is 7.18. The van der Waals surface area contributed by atoms with Crippen LogP contribution in [0, 0.1) is 5.82 Å². The molecule has 0 aliphatic rings. The Hall–Kier alpha value is -2.35. The summed E-state index contributed by atoms with van der Waals surface area (Å²) >= 11 is 0. The standard InChI is InChI=1S/C19H22F4N2O2/c1-18(2,3)13-6-15(9-25-8-13)26-10-14(24)11-27-17-7-12(19(21,22)23)4-5-16(17)20/h4-9,14H,10-11,24H2,1-3H3/t14-/m1/s1. The smallest absolute Gasteiger partial charge is 0.416 e. The molecule has 0 saturated heterocycles. The fraction of sp³-hybridized carbons (Fsp3) is 0.421. The molecule has 0 saturated carbocycles. The Morgan fingerprint density at radius 3 is 2.30 bits per heavy atom. The Morgan fingerprint density at radius 2 is 1.67 bits per heavy atom. The van der Waals surface area contributed by atoms with Crippen LogP contribution in [-0.4, -0.2) is 24.2 Å². The van der Waals surface area contributed by atoms with Gasteiger partial charge in [0.1, 0.15) is 19.0 Å². The number of pyridine rings is 1. The lowest BCUT2D eigenvalue weighted by Crippen LogP contribution is -2.34. The van der Waals surface area contributed by atoms with Gasteiger partial charge >= 0.3 is 6.18 Å². The van der Waals surface area contributed by atoms with Crippen LogP contribution >= 0.6 is 0 Å². The van der Waals surface area contributed by atoms with Crippen LogP contribution in [0.1, 0.15) is 31.9 Å². The normalized spacial score (nSPS) is 13.3. The molecule has 0 aliphatic heterocycles. The lowest BCUT2D eigenvalue weighted by Gasteiger charge is -2.20. The molecule has 0 unspecified atom stereocenters. The van der Waals surface area contributed by atoms with E-state index in [0.717, 1.165) is 5.56 Å². The van der Waals surface area contributed by atoms with Gasteiger partial charge in [-0.15, -0.1) is 0 Å². The van der Waals surface area contributed by atoms with Crippen LogP contribution in [-0.2, 0) is 11.6 Å².